The smallest absolute Gasteiger partial charge is 0.328 e. The van der Waals surface area contributed by atoms with Crippen molar-refractivity contribution < 1.29 is 27.1 Å². The van der Waals surface area contributed by atoms with Crippen LogP contribution in [0.4, 0.5) is 10.1 Å². The van der Waals surface area contributed by atoms with Gasteiger partial charge in [-0.2, -0.15) is 0 Å². The molecule has 10 heteroatoms. The standard InChI is InChI=1S/C28H32FIN2O5S/c1-18-13-20(14-19(2)27(18)37-28(34)25-8-6-12-31(25)3)16-32(24-11-10-22(29)15-23(24)30)38(35,36)26-9-5-4-7-21(26)17-33/h7,10-11,13-15,17,25-26H,4-6,8-9,12,16H2,1-3H3/t25-,26?/m0/s1. The maximum Gasteiger partial charge on any atom is 0.328 e. The highest BCUT2D eigenvalue weighted by Gasteiger charge is 2.37. The molecule has 7 nitrogen and oxygen atoms in total. The Labute approximate surface area is 237 Å². The Balaban J connectivity index is 1.69. The van der Waals surface area contributed by atoms with Crippen LogP contribution in [0.2, 0.25) is 0 Å². The maximum absolute atomic E-state index is 14.0. The second-order valence-electron chi connectivity index (χ2n) is 10.0. The molecule has 4 rings (SSSR count). The van der Waals surface area contributed by atoms with Crippen LogP contribution in [-0.4, -0.2) is 50.5 Å². The predicted molar refractivity (Wildman–Crippen MR) is 153 cm³/mol. The molecule has 1 aliphatic carbocycles. The number of carbonyl (C=O) groups excluding carboxylic acids is 2. The van der Waals surface area contributed by atoms with Gasteiger partial charge in [-0.3, -0.25) is 14.0 Å². The van der Waals surface area contributed by atoms with Crippen LogP contribution in [0.5, 0.6) is 5.75 Å². The zero-order valence-corrected chi connectivity index (χ0v) is 24.7. The number of carbonyl (C=O) groups is 2. The number of esters is 1. The quantitative estimate of drug-likeness (QED) is 0.171. The predicted octanol–water partition coefficient (Wildman–Crippen LogP) is 5.06. The Hall–Kier alpha value is -2.31. The summed E-state index contributed by atoms with van der Waals surface area (Å²) >= 11 is 1.93. The number of aryl methyl sites for hydroxylation is 2. The Kier molecular flexibility index (Phi) is 8.93. The molecule has 38 heavy (non-hydrogen) atoms. The molecule has 204 valence electrons. The number of likely N-dealkylation sites (tertiary alicyclic amines) is 1. The van der Waals surface area contributed by atoms with E-state index in [4.69, 9.17) is 4.74 Å². The molecule has 1 fully saturated rings. The lowest BCUT2D eigenvalue weighted by atomic mass is 10.0. The van der Waals surface area contributed by atoms with Crippen molar-refractivity contribution in [1.82, 2.24) is 4.90 Å². The molecule has 0 spiro atoms. The minimum absolute atomic E-state index is 0.0200. The fourth-order valence-electron chi connectivity index (χ4n) is 5.30. The largest absolute Gasteiger partial charge is 0.425 e. The third-order valence-corrected chi connectivity index (χ3v) is 10.3. The highest BCUT2D eigenvalue weighted by atomic mass is 127. The molecule has 2 aromatic rings. The van der Waals surface area contributed by atoms with Crippen molar-refractivity contribution in [3.05, 3.63) is 68.1 Å². The number of hydrogen-bond donors (Lipinski definition) is 0. The van der Waals surface area contributed by atoms with Crippen molar-refractivity contribution >= 4 is 50.6 Å². The summed E-state index contributed by atoms with van der Waals surface area (Å²) < 4.78 is 49.5. The SMILES string of the molecule is Cc1cc(CN(c2ccc(F)cc2I)S(=O)(=O)C2CCCC=C2C=O)cc(C)c1OC(=O)[C@@H]1CCCN1C. The van der Waals surface area contributed by atoms with Crippen molar-refractivity contribution in [2.75, 3.05) is 17.9 Å². The number of nitrogens with zero attached hydrogens (tertiary/aromatic N) is 2. The van der Waals surface area contributed by atoms with Crippen LogP contribution >= 0.6 is 22.6 Å². The van der Waals surface area contributed by atoms with E-state index >= 15 is 0 Å². The number of hydrogen-bond acceptors (Lipinski definition) is 6. The minimum Gasteiger partial charge on any atom is -0.425 e. The second kappa shape index (κ2) is 11.8. The van der Waals surface area contributed by atoms with Gasteiger partial charge in [0.2, 0.25) is 10.0 Å². The first-order valence-corrected chi connectivity index (χ1v) is 15.2. The third kappa shape index (κ3) is 5.96. The number of sulfonamides is 1. The Morgan fingerprint density at radius 1 is 1.18 bits per heavy atom. The van der Waals surface area contributed by atoms with Crippen LogP contribution in [-0.2, 0) is 26.2 Å². The van der Waals surface area contributed by atoms with Crippen molar-refractivity contribution in [3.8, 4) is 5.75 Å². The summed E-state index contributed by atoms with van der Waals surface area (Å²) in [5.41, 5.74) is 2.72. The van der Waals surface area contributed by atoms with Gasteiger partial charge in [-0.25, -0.2) is 17.6 Å². The molecule has 1 saturated heterocycles. The molecule has 0 amide bonds. The minimum atomic E-state index is -4.03. The molecular weight excluding hydrogens is 622 g/mol. The van der Waals surface area contributed by atoms with Gasteiger partial charge in [0.15, 0.2) is 0 Å². The third-order valence-electron chi connectivity index (χ3n) is 7.24. The van der Waals surface area contributed by atoms with Crippen LogP contribution in [0.25, 0.3) is 0 Å². The number of likely N-dealkylation sites (N-methyl/N-ethyl adjacent to an activating group) is 1. The first-order valence-electron chi connectivity index (χ1n) is 12.7. The number of benzene rings is 2. The van der Waals surface area contributed by atoms with E-state index in [1.807, 2.05) is 60.5 Å². The van der Waals surface area contributed by atoms with Gasteiger partial charge in [-0.05, 0) is 117 Å². The van der Waals surface area contributed by atoms with Crippen LogP contribution in [0.1, 0.15) is 48.8 Å². The van der Waals surface area contributed by atoms with Crippen molar-refractivity contribution in [2.24, 2.45) is 0 Å². The number of aldehydes is 1. The molecule has 0 N–H and O–H groups in total. The Morgan fingerprint density at radius 3 is 2.50 bits per heavy atom. The molecule has 1 unspecified atom stereocenters. The fourth-order valence-corrected chi connectivity index (χ4v) is 8.26. The number of allylic oxidation sites excluding steroid dienone is 1. The molecule has 2 atom stereocenters. The van der Waals surface area contributed by atoms with Gasteiger partial charge in [0.25, 0.3) is 0 Å². The molecule has 2 aromatic carbocycles. The molecule has 0 bridgehead atoms. The van der Waals surface area contributed by atoms with Crippen LogP contribution in [0.15, 0.2) is 42.0 Å². The monoisotopic (exact) mass is 654 g/mol. The van der Waals surface area contributed by atoms with Gasteiger partial charge >= 0.3 is 5.97 Å². The second-order valence-corrected chi connectivity index (χ2v) is 13.2. The van der Waals surface area contributed by atoms with E-state index in [1.54, 1.807) is 6.08 Å². The highest BCUT2D eigenvalue weighted by Crippen LogP contribution is 2.35. The Bertz CT molecular complexity index is 1350. The van der Waals surface area contributed by atoms with Crippen molar-refractivity contribution in [1.29, 1.82) is 0 Å². The molecule has 0 aromatic heterocycles. The van der Waals surface area contributed by atoms with E-state index in [-0.39, 0.29) is 24.1 Å². The van der Waals surface area contributed by atoms with Crippen LogP contribution < -0.4 is 9.04 Å². The van der Waals surface area contributed by atoms with Gasteiger partial charge in [0.1, 0.15) is 29.1 Å². The lowest BCUT2D eigenvalue weighted by Crippen LogP contribution is -2.41. The summed E-state index contributed by atoms with van der Waals surface area (Å²) in [5, 5.41) is -0.972. The zero-order chi connectivity index (χ0) is 27.6. The summed E-state index contributed by atoms with van der Waals surface area (Å²) in [6.45, 7) is 4.48. The van der Waals surface area contributed by atoms with Crippen LogP contribution in [0.3, 0.4) is 0 Å². The lowest BCUT2D eigenvalue weighted by molar-refractivity contribution is -0.139. The number of anilines is 1. The van der Waals surface area contributed by atoms with E-state index in [0.717, 1.165) is 19.4 Å². The maximum atomic E-state index is 14.0. The first kappa shape index (κ1) is 28.7. The average molecular weight is 655 g/mol. The summed E-state index contributed by atoms with van der Waals surface area (Å²) in [6.07, 6.45) is 5.66. The van der Waals surface area contributed by atoms with Gasteiger partial charge in [0, 0.05) is 9.14 Å². The lowest BCUT2D eigenvalue weighted by Gasteiger charge is -2.32. The number of ether oxygens (including phenoxy) is 1. The topological polar surface area (TPSA) is 84.0 Å². The normalized spacial score (nSPS) is 20.2. The van der Waals surface area contributed by atoms with E-state index < -0.39 is 21.1 Å². The zero-order valence-electron chi connectivity index (χ0n) is 21.7. The van der Waals surface area contributed by atoms with Crippen molar-refractivity contribution in [2.45, 2.75) is 63.8 Å². The van der Waals surface area contributed by atoms with Gasteiger partial charge < -0.3 is 4.74 Å². The molecule has 0 saturated carbocycles. The molecule has 0 radical (unpaired) electrons. The van der Waals surface area contributed by atoms with E-state index in [0.29, 0.717) is 57.2 Å². The molecule has 1 heterocycles. The van der Waals surface area contributed by atoms with E-state index in [1.165, 1.54) is 22.5 Å². The van der Waals surface area contributed by atoms with Gasteiger partial charge in [-0.1, -0.05) is 18.2 Å². The van der Waals surface area contributed by atoms with Crippen molar-refractivity contribution in [3.63, 3.8) is 0 Å². The Morgan fingerprint density at radius 2 is 1.89 bits per heavy atom. The van der Waals surface area contributed by atoms with Crippen LogP contribution in [0, 0.1) is 23.2 Å². The number of rotatable bonds is 8. The average Bonchev–Trinajstić information content (AvgIpc) is 3.31. The summed E-state index contributed by atoms with van der Waals surface area (Å²) in [6, 6.07) is 7.32. The summed E-state index contributed by atoms with van der Waals surface area (Å²) in [7, 11) is -2.12. The van der Waals surface area contributed by atoms with Gasteiger partial charge in [0.05, 0.1) is 12.2 Å². The summed E-state index contributed by atoms with van der Waals surface area (Å²) in [5.74, 6) is -0.282. The van der Waals surface area contributed by atoms with Gasteiger partial charge in [-0.15, -0.1) is 0 Å². The first-order chi connectivity index (χ1) is 18.0. The summed E-state index contributed by atoms with van der Waals surface area (Å²) in [4.78, 5) is 26.5. The van der Waals surface area contributed by atoms with E-state index in [2.05, 4.69) is 0 Å². The molecule has 2 aliphatic rings. The van der Waals surface area contributed by atoms with E-state index in [9.17, 15) is 22.4 Å². The fraction of sp³-hybridized carbons (Fsp3) is 0.429. The highest BCUT2D eigenvalue weighted by molar-refractivity contribution is 14.1. The number of halogens is 2. The molecular formula is C28H32FIN2O5S. The molecule has 1 aliphatic heterocycles.